The molecule has 1 aliphatic rings. The van der Waals surface area contributed by atoms with Gasteiger partial charge in [0, 0.05) is 10.6 Å². The first-order chi connectivity index (χ1) is 11.9. The lowest BCUT2D eigenvalue weighted by atomic mass is 9.96. The average Bonchev–Trinajstić information content (AvgIpc) is 2.90. The molecule has 2 aromatic carbocycles. The van der Waals surface area contributed by atoms with Crippen molar-refractivity contribution in [3.63, 3.8) is 0 Å². The van der Waals surface area contributed by atoms with E-state index in [1.807, 2.05) is 0 Å². The molecule has 0 saturated carbocycles. The van der Waals surface area contributed by atoms with Crippen LogP contribution < -0.4 is 10.1 Å². The highest BCUT2D eigenvalue weighted by Gasteiger charge is 2.39. The number of carbonyl (C=O) groups excluding carboxylic acids is 2. The van der Waals surface area contributed by atoms with E-state index < -0.39 is 29.3 Å². The minimum atomic E-state index is -0.867. The Hall–Kier alpha value is -2.86. The van der Waals surface area contributed by atoms with Crippen LogP contribution in [0.3, 0.4) is 0 Å². The minimum absolute atomic E-state index is 0.00255. The lowest BCUT2D eigenvalue weighted by molar-refractivity contribution is -0.133. The fourth-order valence-corrected chi connectivity index (χ4v) is 2.77. The first kappa shape index (κ1) is 17.0. The molecule has 1 aliphatic heterocycles. The molecule has 0 aliphatic carbocycles. The molecule has 1 amide bonds. The summed E-state index contributed by atoms with van der Waals surface area (Å²) in [5.41, 5.74) is 0.494. The second kappa shape index (κ2) is 6.57. The third kappa shape index (κ3) is 3.08. The van der Waals surface area contributed by atoms with Gasteiger partial charge in [-0.15, -0.1) is 0 Å². The fraction of sp³-hybridized carbons (Fsp3) is 0.111. The van der Waals surface area contributed by atoms with Gasteiger partial charge >= 0.3 is 0 Å². The van der Waals surface area contributed by atoms with E-state index in [1.165, 1.54) is 19.2 Å². The van der Waals surface area contributed by atoms with Crippen molar-refractivity contribution in [2.75, 3.05) is 7.11 Å². The van der Waals surface area contributed by atoms with Gasteiger partial charge < -0.3 is 15.2 Å². The second-order valence-corrected chi connectivity index (χ2v) is 5.84. The number of ketones is 1. The molecule has 0 spiro atoms. The maximum absolute atomic E-state index is 13.9. The molecular formula is C18H13ClFNO4. The number of hydrogen-bond donors (Lipinski definition) is 2. The van der Waals surface area contributed by atoms with Crippen molar-refractivity contribution < 1.29 is 23.8 Å². The Kier molecular flexibility index (Phi) is 4.46. The van der Waals surface area contributed by atoms with Crippen LogP contribution in [0, 0.1) is 5.82 Å². The quantitative estimate of drug-likeness (QED) is 0.500. The standard InChI is InChI=1S/C18H13ClFNO4/c1-25-13-7-4-10(8-12(13)20)16(22)14-15(21-18(24)17(14)23)9-2-5-11(19)6-3-9/h2-8,15,22H,1H3,(H,21,24)/b16-14+. The first-order valence-electron chi connectivity index (χ1n) is 7.30. The van der Waals surface area contributed by atoms with Crippen molar-refractivity contribution in [2.45, 2.75) is 6.04 Å². The van der Waals surface area contributed by atoms with Crippen molar-refractivity contribution >= 4 is 29.1 Å². The molecule has 0 aromatic heterocycles. The first-order valence-corrected chi connectivity index (χ1v) is 7.68. The van der Waals surface area contributed by atoms with Crippen molar-refractivity contribution in [1.82, 2.24) is 5.32 Å². The van der Waals surface area contributed by atoms with Gasteiger partial charge in [0.1, 0.15) is 5.76 Å². The molecule has 2 N–H and O–H groups in total. The van der Waals surface area contributed by atoms with E-state index in [0.717, 1.165) is 6.07 Å². The predicted molar refractivity (Wildman–Crippen MR) is 89.8 cm³/mol. The molecule has 3 rings (SSSR count). The molecule has 25 heavy (non-hydrogen) atoms. The number of ether oxygens (including phenoxy) is 1. The normalized spacial score (nSPS) is 18.9. The molecule has 1 heterocycles. The smallest absolute Gasteiger partial charge is 0.293 e. The molecule has 1 fully saturated rings. The zero-order chi connectivity index (χ0) is 18.1. The number of nitrogens with one attached hydrogen (secondary N) is 1. The number of benzene rings is 2. The lowest BCUT2D eigenvalue weighted by Gasteiger charge is -2.14. The summed E-state index contributed by atoms with van der Waals surface area (Å²) < 4.78 is 18.7. The number of methoxy groups -OCH3 is 1. The predicted octanol–water partition coefficient (Wildman–Crippen LogP) is 3.20. The summed E-state index contributed by atoms with van der Waals surface area (Å²) in [4.78, 5) is 24.0. The van der Waals surface area contributed by atoms with Crippen LogP contribution in [-0.4, -0.2) is 23.9 Å². The summed E-state index contributed by atoms with van der Waals surface area (Å²) in [5.74, 6) is -2.86. The summed E-state index contributed by atoms with van der Waals surface area (Å²) in [5, 5.41) is 13.5. The number of hydrogen-bond acceptors (Lipinski definition) is 4. The molecule has 1 saturated heterocycles. The Morgan fingerprint density at radius 1 is 1.20 bits per heavy atom. The molecule has 1 atom stereocenters. The molecule has 0 bridgehead atoms. The number of aliphatic hydroxyl groups excluding tert-OH is 1. The van der Waals surface area contributed by atoms with Crippen molar-refractivity contribution in [2.24, 2.45) is 0 Å². The number of halogens is 2. The summed E-state index contributed by atoms with van der Waals surface area (Å²) in [6, 6.07) is 9.40. The summed E-state index contributed by atoms with van der Waals surface area (Å²) in [7, 11) is 1.32. The molecule has 7 heteroatoms. The summed E-state index contributed by atoms with van der Waals surface area (Å²) in [6.07, 6.45) is 0. The van der Waals surface area contributed by atoms with Crippen LogP contribution in [0.2, 0.25) is 5.02 Å². The van der Waals surface area contributed by atoms with E-state index in [9.17, 15) is 19.1 Å². The number of Topliss-reactive ketones (excluding diaryl/α,β-unsaturated/α-hetero) is 1. The topological polar surface area (TPSA) is 75.6 Å². The van der Waals surface area contributed by atoms with E-state index >= 15 is 0 Å². The van der Waals surface area contributed by atoms with Gasteiger partial charge in [0.2, 0.25) is 0 Å². The highest BCUT2D eigenvalue weighted by atomic mass is 35.5. The molecule has 128 valence electrons. The van der Waals surface area contributed by atoms with Crippen molar-refractivity contribution in [3.05, 3.63) is 70.0 Å². The Bertz CT molecular complexity index is 892. The van der Waals surface area contributed by atoms with Crippen LogP contribution in [0.4, 0.5) is 4.39 Å². The van der Waals surface area contributed by atoms with Crippen LogP contribution in [0.5, 0.6) is 5.75 Å². The Morgan fingerprint density at radius 2 is 1.88 bits per heavy atom. The van der Waals surface area contributed by atoms with Crippen molar-refractivity contribution in [3.8, 4) is 5.75 Å². The summed E-state index contributed by atoms with van der Waals surface area (Å²) in [6.45, 7) is 0. The van der Waals surface area contributed by atoms with Gasteiger partial charge in [0.05, 0.1) is 18.7 Å². The Morgan fingerprint density at radius 3 is 2.48 bits per heavy atom. The van der Waals surface area contributed by atoms with Gasteiger partial charge in [-0.1, -0.05) is 23.7 Å². The lowest BCUT2D eigenvalue weighted by Crippen LogP contribution is -2.21. The second-order valence-electron chi connectivity index (χ2n) is 5.40. The van der Waals surface area contributed by atoms with Crippen LogP contribution in [0.15, 0.2) is 48.0 Å². The SMILES string of the molecule is COc1ccc(/C(O)=C2\C(=O)C(=O)NC2c2ccc(Cl)cc2)cc1F. The number of carbonyl (C=O) groups is 2. The third-order valence-corrected chi connectivity index (χ3v) is 4.15. The van der Waals surface area contributed by atoms with Gasteiger partial charge in [-0.05, 0) is 35.9 Å². The van der Waals surface area contributed by atoms with E-state index in [-0.39, 0.29) is 16.9 Å². The van der Waals surface area contributed by atoms with E-state index in [0.29, 0.717) is 10.6 Å². The highest BCUT2D eigenvalue weighted by Crippen LogP contribution is 2.34. The highest BCUT2D eigenvalue weighted by molar-refractivity contribution is 6.46. The van der Waals surface area contributed by atoms with Gasteiger partial charge in [0.15, 0.2) is 11.6 Å². The molecular weight excluding hydrogens is 349 g/mol. The molecule has 1 unspecified atom stereocenters. The number of amides is 1. The fourth-order valence-electron chi connectivity index (χ4n) is 2.64. The minimum Gasteiger partial charge on any atom is -0.507 e. The van der Waals surface area contributed by atoms with Gasteiger partial charge in [-0.3, -0.25) is 9.59 Å². The summed E-state index contributed by atoms with van der Waals surface area (Å²) >= 11 is 5.85. The Balaban J connectivity index is 2.10. The zero-order valence-corrected chi connectivity index (χ0v) is 13.8. The maximum atomic E-state index is 13.9. The molecule has 2 aromatic rings. The van der Waals surface area contributed by atoms with E-state index in [1.54, 1.807) is 24.3 Å². The molecule has 5 nitrogen and oxygen atoms in total. The maximum Gasteiger partial charge on any atom is 0.293 e. The van der Waals surface area contributed by atoms with Crippen LogP contribution in [0.1, 0.15) is 17.2 Å². The van der Waals surface area contributed by atoms with E-state index in [4.69, 9.17) is 16.3 Å². The van der Waals surface area contributed by atoms with Crippen LogP contribution in [0.25, 0.3) is 5.76 Å². The van der Waals surface area contributed by atoms with Crippen molar-refractivity contribution in [1.29, 1.82) is 0 Å². The molecule has 0 radical (unpaired) electrons. The number of aliphatic hydroxyl groups is 1. The number of rotatable bonds is 3. The monoisotopic (exact) mass is 361 g/mol. The van der Waals surface area contributed by atoms with E-state index in [2.05, 4.69) is 5.32 Å². The van der Waals surface area contributed by atoms with Gasteiger partial charge in [-0.25, -0.2) is 4.39 Å². The Labute approximate surface area is 147 Å². The average molecular weight is 362 g/mol. The largest absolute Gasteiger partial charge is 0.507 e. The van der Waals surface area contributed by atoms with Gasteiger partial charge in [0.25, 0.3) is 11.7 Å². The van der Waals surface area contributed by atoms with Crippen LogP contribution in [-0.2, 0) is 9.59 Å². The zero-order valence-electron chi connectivity index (χ0n) is 13.0. The van der Waals surface area contributed by atoms with Gasteiger partial charge in [-0.2, -0.15) is 0 Å². The van der Waals surface area contributed by atoms with Crippen LogP contribution >= 0.6 is 11.6 Å². The third-order valence-electron chi connectivity index (χ3n) is 3.90.